The predicted molar refractivity (Wildman–Crippen MR) is 92.2 cm³/mol. The van der Waals surface area contributed by atoms with Gasteiger partial charge >= 0.3 is 5.97 Å². The molecule has 0 heterocycles. The summed E-state index contributed by atoms with van der Waals surface area (Å²) < 4.78 is 11.0. The number of aryl methyl sites for hydroxylation is 1. The van der Waals surface area contributed by atoms with Crippen LogP contribution in [-0.4, -0.2) is 23.9 Å². The number of benzene rings is 2. The summed E-state index contributed by atoms with van der Waals surface area (Å²) >= 11 is 1.32. The van der Waals surface area contributed by atoms with Crippen molar-refractivity contribution in [3.8, 4) is 11.5 Å². The summed E-state index contributed by atoms with van der Waals surface area (Å²) in [7, 11) is 0. The minimum atomic E-state index is -0.778. The molecule has 0 aliphatic heterocycles. The standard InChI is InChI=1S/C18H20O4S/c1-23-22-17-9-4-15(5-10-17)12-13-21-16-7-2-14(3-8-16)6-11-18(19)20/h2-5,7-10H,6,11-13H2,1H3,(H,19,20). The Bertz CT molecular complexity index is 608. The average molecular weight is 332 g/mol. The fourth-order valence-electron chi connectivity index (χ4n) is 2.10. The van der Waals surface area contributed by atoms with Gasteiger partial charge in [-0.15, -0.1) is 0 Å². The lowest BCUT2D eigenvalue weighted by Crippen LogP contribution is -2.01. The third-order valence-corrected chi connectivity index (χ3v) is 3.67. The summed E-state index contributed by atoms with van der Waals surface area (Å²) in [4.78, 5) is 10.5. The lowest BCUT2D eigenvalue weighted by atomic mass is 10.1. The predicted octanol–water partition coefficient (Wildman–Crippen LogP) is 3.98. The van der Waals surface area contributed by atoms with Crippen LogP contribution in [0, 0.1) is 0 Å². The Kier molecular flexibility index (Phi) is 6.81. The number of carbonyl (C=O) groups is 1. The SMILES string of the molecule is CSOc1ccc(CCOc2ccc(CCC(=O)O)cc2)cc1. The van der Waals surface area contributed by atoms with Crippen LogP contribution in [0.15, 0.2) is 48.5 Å². The van der Waals surface area contributed by atoms with Crippen molar-refractivity contribution in [1.82, 2.24) is 0 Å². The zero-order valence-electron chi connectivity index (χ0n) is 13.0. The maximum atomic E-state index is 10.5. The third kappa shape index (κ3) is 6.24. The lowest BCUT2D eigenvalue weighted by molar-refractivity contribution is -0.136. The van der Waals surface area contributed by atoms with Crippen LogP contribution in [0.5, 0.6) is 11.5 Å². The number of rotatable bonds is 9. The second-order valence-corrected chi connectivity index (χ2v) is 5.53. The van der Waals surface area contributed by atoms with Gasteiger partial charge in [-0.2, -0.15) is 0 Å². The molecule has 0 saturated carbocycles. The van der Waals surface area contributed by atoms with Crippen LogP contribution < -0.4 is 8.92 Å². The van der Waals surface area contributed by atoms with Gasteiger partial charge in [0.2, 0.25) is 0 Å². The van der Waals surface area contributed by atoms with E-state index in [2.05, 4.69) is 0 Å². The highest BCUT2D eigenvalue weighted by molar-refractivity contribution is 7.94. The van der Waals surface area contributed by atoms with Crippen molar-refractivity contribution in [3.63, 3.8) is 0 Å². The van der Waals surface area contributed by atoms with Crippen molar-refractivity contribution in [2.75, 3.05) is 12.9 Å². The molecule has 0 amide bonds. The largest absolute Gasteiger partial charge is 0.493 e. The van der Waals surface area contributed by atoms with Crippen LogP contribution in [0.2, 0.25) is 0 Å². The molecule has 1 N–H and O–H groups in total. The molecule has 0 spiro atoms. The molecule has 2 rings (SSSR count). The molecule has 0 fully saturated rings. The summed E-state index contributed by atoms with van der Waals surface area (Å²) in [6, 6.07) is 15.5. The molecule has 2 aromatic carbocycles. The van der Waals surface area contributed by atoms with Gasteiger partial charge in [-0.1, -0.05) is 24.3 Å². The quantitative estimate of drug-likeness (QED) is 0.704. The van der Waals surface area contributed by atoms with Gasteiger partial charge in [0.1, 0.15) is 11.5 Å². The Labute approximate surface area is 140 Å². The molecule has 0 aromatic heterocycles. The molecule has 0 aliphatic carbocycles. The van der Waals surface area contributed by atoms with Crippen LogP contribution in [-0.2, 0) is 17.6 Å². The van der Waals surface area contributed by atoms with Gasteiger partial charge in [0.25, 0.3) is 0 Å². The number of carboxylic acids is 1. The monoisotopic (exact) mass is 332 g/mol. The molecular formula is C18H20O4S. The number of hydrogen-bond donors (Lipinski definition) is 1. The fraction of sp³-hybridized carbons (Fsp3) is 0.278. The topological polar surface area (TPSA) is 55.8 Å². The van der Waals surface area contributed by atoms with Crippen LogP contribution in [0.4, 0.5) is 0 Å². The van der Waals surface area contributed by atoms with Gasteiger partial charge in [0.15, 0.2) is 0 Å². The highest BCUT2D eigenvalue weighted by Crippen LogP contribution is 2.17. The Balaban J connectivity index is 1.76. The smallest absolute Gasteiger partial charge is 0.303 e. The maximum absolute atomic E-state index is 10.5. The van der Waals surface area contributed by atoms with E-state index in [0.717, 1.165) is 23.5 Å². The summed E-state index contributed by atoms with van der Waals surface area (Å²) in [5.74, 6) is 0.866. The molecule has 122 valence electrons. The molecule has 0 bridgehead atoms. The molecule has 23 heavy (non-hydrogen) atoms. The van der Waals surface area contributed by atoms with E-state index in [1.807, 2.05) is 54.8 Å². The Morgan fingerprint density at radius 1 is 0.957 bits per heavy atom. The minimum Gasteiger partial charge on any atom is -0.493 e. The first kappa shape index (κ1) is 17.2. The van der Waals surface area contributed by atoms with Crippen molar-refractivity contribution in [2.45, 2.75) is 19.3 Å². The number of aliphatic carboxylic acids is 1. The van der Waals surface area contributed by atoms with Crippen molar-refractivity contribution in [2.24, 2.45) is 0 Å². The molecule has 0 radical (unpaired) electrons. The van der Waals surface area contributed by atoms with Crippen molar-refractivity contribution in [3.05, 3.63) is 59.7 Å². The van der Waals surface area contributed by atoms with E-state index in [-0.39, 0.29) is 6.42 Å². The Morgan fingerprint density at radius 2 is 1.52 bits per heavy atom. The van der Waals surface area contributed by atoms with E-state index in [1.165, 1.54) is 17.6 Å². The summed E-state index contributed by atoms with van der Waals surface area (Å²) in [5, 5.41) is 8.67. The highest BCUT2D eigenvalue weighted by atomic mass is 32.2. The van der Waals surface area contributed by atoms with E-state index >= 15 is 0 Å². The van der Waals surface area contributed by atoms with Crippen molar-refractivity contribution in [1.29, 1.82) is 0 Å². The molecule has 5 heteroatoms. The molecule has 0 saturated heterocycles. The Morgan fingerprint density at radius 3 is 2.09 bits per heavy atom. The maximum Gasteiger partial charge on any atom is 0.303 e. The zero-order valence-corrected chi connectivity index (χ0v) is 13.8. The number of carboxylic acid groups (broad SMARTS) is 1. The van der Waals surface area contributed by atoms with E-state index in [4.69, 9.17) is 14.0 Å². The summed E-state index contributed by atoms with van der Waals surface area (Å²) in [6.07, 6.45) is 3.39. The first-order valence-electron chi connectivity index (χ1n) is 7.40. The van der Waals surface area contributed by atoms with Gasteiger partial charge in [-0.05, 0) is 41.8 Å². The van der Waals surface area contributed by atoms with Crippen LogP contribution in [0.3, 0.4) is 0 Å². The third-order valence-electron chi connectivity index (χ3n) is 3.31. The fourth-order valence-corrected chi connectivity index (χ4v) is 2.40. The number of ether oxygens (including phenoxy) is 1. The van der Waals surface area contributed by atoms with E-state index in [0.29, 0.717) is 13.0 Å². The highest BCUT2D eigenvalue weighted by Gasteiger charge is 2.01. The summed E-state index contributed by atoms with van der Waals surface area (Å²) in [6.45, 7) is 0.594. The van der Waals surface area contributed by atoms with Crippen LogP contribution in [0.25, 0.3) is 0 Å². The average Bonchev–Trinajstić information content (AvgIpc) is 2.56. The molecule has 0 aliphatic rings. The molecule has 2 aromatic rings. The first-order chi connectivity index (χ1) is 11.2. The molecule has 4 nitrogen and oxygen atoms in total. The minimum absolute atomic E-state index is 0.149. The van der Waals surface area contributed by atoms with Crippen molar-refractivity contribution < 1.29 is 18.8 Å². The van der Waals surface area contributed by atoms with Crippen LogP contribution >= 0.6 is 12.0 Å². The second kappa shape index (κ2) is 9.10. The zero-order chi connectivity index (χ0) is 16.5. The second-order valence-electron chi connectivity index (χ2n) is 5.03. The lowest BCUT2D eigenvalue weighted by Gasteiger charge is -2.08. The number of hydrogen-bond acceptors (Lipinski definition) is 4. The van der Waals surface area contributed by atoms with Gasteiger partial charge in [-0.25, -0.2) is 0 Å². The van der Waals surface area contributed by atoms with Gasteiger partial charge in [-0.3, -0.25) is 4.79 Å². The first-order valence-corrected chi connectivity index (χ1v) is 8.55. The Hall–Kier alpha value is -2.14. The summed E-state index contributed by atoms with van der Waals surface area (Å²) in [5.41, 5.74) is 2.20. The molecule has 0 atom stereocenters. The molecule has 0 unspecified atom stereocenters. The van der Waals surface area contributed by atoms with Gasteiger partial charge < -0.3 is 14.0 Å². The van der Waals surface area contributed by atoms with E-state index in [1.54, 1.807) is 0 Å². The van der Waals surface area contributed by atoms with Crippen LogP contribution in [0.1, 0.15) is 17.5 Å². The molecular weight excluding hydrogens is 312 g/mol. The van der Waals surface area contributed by atoms with Crippen molar-refractivity contribution >= 4 is 18.0 Å². The van der Waals surface area contributed by atoms with E-state index < -0.39 is 5.97 Å². The van der Waals surface area contributed by atoms with Gasteiger partial charge in [0.05, 0.1) is 18.6 Å². The van der Waals surface area contributed by atoms with Gasteiger partial charge in [0, 0.05) is 19.1 Å². The normalized spacial score (nSPS) is 10.3. The van der Waals surface area contributed by atoms with E-state index in [9.17, 15) is 4.79 Å².